The minimum absolute atomic E-state index is 0.229. The fourth-order valence-corrected chi connectivity index (χ4v) is 1.33. The number of aldehydes is 1. The van der Waals surface area contributed by atoms with Gasteiger partial charge in [-0.3, -0.25) is 4.79 Å². The number of carbonyl (C=O) groups excluding carboxylic acids is 1. The van der Waals surface area contributed by atoms with Crippen LogP contribution < -0.4 is 0 Å². The number of methoxy groups -OCH3 is 1. The number of carbonyl (C=O) groups is 1. The maximum absolute atomic E-state index is 10.7. The van der Waals surface area contributed by atoms with Crippen LogP contribution in [0, 0.1) is 6.92 Å². The molecule has 1 rings (SSSR count). The van der Waals surface area contributed by atoms with Gasteiger partial charge in [0, 0.05) is 6.08 Å². The van der Waals surface area contributed by atoms with Crippen molar-refractivity contribution in [2.45, 2.75) is 13.8 Å². The minimum Gasteiger partial charge on any atom is -0.513 e. The third-order valence-electron chi connectivity index (χ3n) is 2.28. The Labute approximate surface area is 105 Å². The number of aliphatic hydroxyl groups is 1. The topological polar surface area (TPSA) is 77.2 Å². The average Bonchev–Trinajstić information content (AvgIpc) is 2.75. The highest BCUT2D eigenvalue weighted by atomic mass is 16.5. The second-order valence-electron chi connectivity index (χ2n) is 3.39. The fourth-order valence-electron chi connectivity index (χ4n) is 1.33. The Balaban J connectivity index is 3.19. The van der Waals surface area contributed by atoms with Crippen molar-refractivity contribution in [2.24, 2.45) is 0 Å². The second-order valence-corrected chi connectivity index (χ2v) is 3.39. The molecule has 0 unspecified atom stereocenters. The van der Waals surface area contributed by atoms with Crippen LogP contribution in [0.15, 0.2) is 30.2 Å². The molecular formula is C12H15N3O3. The molecule has 6 nitrogen and oxygen atoms in total. The standard InChI is InChI=1S/C12H15N3O3/c1-4-5-11(18-3)6-10(7-16)15-9(2)12(8-17)13-14-15/h4-8,16H,1-3H3/b5-4-,10-7-,11-6+. The van der Waals surface area contributed by atoms with Crippen molar-refractivity contribution in [3.8, 4) is 0 Å². The van der Waals surface area contributed by atoms with E-state index in [4.69, 9.17) is 4.74 Å². The monoisotopic (exact) mass is 249 g/mol. The molecule has 1 N–H and O–H groups in total. The van der Waals surface area contributed by atoms with Crippen LogP contribution in [0.5, 0.6) is 0 Å². The number of hydrogen-bond donors (Lipinski definition) is 1. The molecule has 0 saturated carbocycles. The summed E-state index contributed by atoms with van der Waals surface area (Å²) in [5.41, 5.74) is 1.12. The Kier molecular flexibility index (Phi) is 4.86. The molecule has 0 fully saturated rings. The Bertz CT molecular complexity index is 513. The van der Waals surface area contributed by atoms with Gasteiger partial charge < -0.3 is 9.84 Å². The largest absolute Gasteiger partial charge is 0.513 e. The minimum atomic E-state index is 0.229. The van der Waals surface area contributed by atoms with Gasteiger partial charge in [-0.25, -0.2) is 4.68 Å². The molecule has 6 heteroatoms. The van der Waals surface area contributed by atoms with Crippen LogP contribution in [-0.4, -0.2) is 33.5 Å². The summed E-state index contributed by atoms with van der Waals surface area (Å²) in [5.74, 6) is 0.542. The van der Waals surface area contributed by atoms with Crippen LogP contribution in [0.1, 0.15) is 23.1 Å². The highest BCUT2D eigenvalue weighted by Gasteiger charge is 2.10. The first-order chi connectivity index (χ1) is 8.67. The van der Waals surface area contributed by atoms with E-state index in [1.807, 2.05) is 6.92 Å². The zero-order valence-electron chi connectivity index (χ0n) is 10.5. The zero-order chi connectivity index (χ0) is 13.5. The van der Waals surface area contributed by atoms with E-state index in [0.29, 0.717) is 23.4 Å². The summed E-state index contributed by atoms with van der Waals surface area (Å²) in [4.78, 5) is 10.7. The highest BCUT2D eigenvalue weighted by molar-refractivity contribution is 5.74. The number of allylic oxidation sites excluding steroid dienone is 4. The number of hydrogen-bond acceptors (Lipinski definition) is 5. The van der Waals surface area contributed by atoms with Crippen molar-refractivity contribution in [1.29, 1.82) is 0 Å². The van der Waals surface area contributed by atoms with Crippen LogP contribution >= 0.6 is 0 Å². The van der Waals surface area contributed by atoms with Gasteiger partial charge in [-0.1, -0.05) is 11.3 Å². The lowest BCUT2D eigenvalue weighted by atomic mass is 10.3. The molecular weight excluding hydrogens is 234 g/mol. The lowest BCUT2D eigenvalue weighted by Crippen LogP contribution is -2.01. The van der Waals surface area contributed by atoms with Crippen molar-refractivity contribution >= 4 is 12.0 Å². The summed E-state index contributed by atoms with van der Waals surface area (Å²) < 4.78 is 6.46. The second kappa shape index (κ2) is 6.39. The van der Waals surface area contributed by atoms with Crippen molar-refractivity contribution in [2.75, 3.05) is 7.11 Å². The molecule has 0 aliphatic carbocycles. The molecule has 0 aliphatic rings. The van der Waals surface area contributed by atoms with Gasteiger partial charge in [0.15, 0.2) is 6.29 Å². The first kappa shape index (κ1) is 13.7. The third-order valence-corrected chi connectivity index (χ3v) is 2.28. The summed E-state index contributed by atoms with van der Waals surface area (Å²) in [6.45, 7) is 3.53. The Morgan fingerprint density at radius 2 is 2.22 bits per heavy atom. The van der Waals surface area contributed by atoms with E-state index in [1.54, 1.807) is 25.2 Å². The van der Waals surface area contributed by atoms with E-state index in [9.17, 15) is 9.90 Å². The number of aliphatic hydroxyl groups excluding tert-OH is 1. The maximum Gasteiger partial charge on any atom is 0.172 e. The van der Waals surface area contributed by atoms with Gasteiger partial charge in [0.1, 0.15) is 23.4 Å². The number of ether oxygens (including phenoxy) is 1. The van der Waals surface area contributed by atoms with Gasteiger partial charge in [-0.05, 0) is 19.9 Å². The van der Waals surface area contributed by atoms with Crippen LogP contribution in [0.2, 0.25) is 0 Å². The summed E-state index contributed by atoms with van der Waals surface area (Å²) >= 11 is 0. The molecule has 96 valence electrons. The first-order valence-electron chi connectivity index (χ1n) is 5.28. The molecule has 0 aromatic carbocycles. The van der Waals surface area contributed by atoms with Crippen LogP contribution in [0.4, 0.5) is 0 Å². The number of rotatable bonds is 5. The van der Waals surface area contributed by atoms with E-state index in [0.717, 1.165) is 6.26 Å². The Hall–Kier alpha value is -2.37. The number of nitrogens with zero attached hydrogens (tertiary/aromatic N) is 3. The lowest BCUT2D eigenvalue weighted by molar-refractivity contribution is 0.111. The average molecular weight is 249 g/mol. The molecule has 1 aromatic rings. The first-order valence-corrected chi connectivity index (χ1v) is 5.28. The van der Waals surface area contributed by atoms with Gasteiger partial charge in [0.05, 0.1) is 12.8 Å². The summed E-state index contributed by atoms with van der Waals surface area (Å²) in [6, 6.07) is 0. The predicted molar refractivity (Wildman–Crippen MR) is 67.0 cm³/mol. The quantitative estimate of drug-likeness (QED) is 0.489. The van der Waals surface area contributed by atoms with Gasteiger partial charge in [-0.2, -0.15) is 0 Å². The summed E-state index contributed by atoms with van der Waals surface area (Å²) in [7, 11) is 1.52. The fraction of sp³-hybridized carbons (Fsp3) is 0.250. The van der Waals surface area contributed by atoms with E-state index in [2.05, 4.69) is 10.3 Å². The SMILES string of the molecule is C\C=C/C(=C\C(=C\O)n1nnc(C=O)c1C)OC. The van der Waals surface area contributed by atoms with E-state index in [1.165, 1.54) is 11.8 Å². The van der Waals surface area contributed by atoms with Crippen molar-refractivity contribution in [3.63, 3.8) is 0 Å². The molecule has 0 radical (unpaired) electrons. The lowest BCUT2D eigenvalue weighted by Gasteiger charge is -2.05. The van der Waals surface area contributed by atoms with Crippen LogP contribution in [-0.2, 0) is 4.74 Å². The molecule has 18 heavy (non-hydrogen) atoms. The van der Waals surface area contributed by atoms with Crippen LogP contribution in [0.3, 0.4) is 0 Å². The van der Waals surface area contributed by atoms with Gasteiger partial charge in [-0.15, -0.1) is 5.10 Å². The Morgan fingerprint density at radius 1 is 1.50 bits per heavy atom. The smallest absolute Gasteiger partial charge is 0.172 e. The molecule has 0 aliphatic heterocycles. The van der Waals surface area contributed by atoms with Gasteiger partial charge in [0.25, 0.3) is 0 Å². The molecule has 1 heterocycles. The Morgan fingerprint density at radius 3 is 2.67 bits per heavy atom. The molecule has 0 amide bonds. The van der Waals surface area contributed by atoms with Crippen molar-refractivity contribution in [3.05, 3.63) is 41.6 Å². The van der Waals surface area contributed by atoms with Gasteiger partial charge >= 0.3 is 0 Å². The molecule has 0 saturated heterocycles. The molecule has 0 spiro atoms. The normalized spacial score (nSPS) is 13.1. The van der Waals surface area contributed by atoms with Crippen molar-refractivity contribution < 1.29 is 14.6 Å². The van der Waals surface area contributed by atoms with E-state index >= 15 is 0 Å². The summed E-state index contributed by atoms with van der Waals surface area (Å²) in [5, 5.41) is 16.7. The predicted octanol–water partition coefficient (Wildman–Crippen LogP) is 1.86. The van der Waals surface area contributed by atoms with E-state index in [-0.39, 0.29) is 5.69 Å². The highest BCUT2D eigenvalue weighted by Crippen LogP contribution is 2.13. The van der Waals surface area contributed by atoms with E-state index < -0.39 is 0 Å². The van der Waals surface area contributed by atoms with Crippen LogP contribution in [0.25, 0.3) is 5.70 Å². The molecule has 1 aromatic heterocycles. The summed E-state index contributed by atoms with van der Waals surface area (Å²) in [6.07, 6.45) is 6.60. The third kappa shape index (κ3) is 2.85. The maximum atomic E-state index is 10.7. The van der Waals surface area contributed by atoms with Gasteiger partial charge in [0.2, 0.25) is 0 Å². The molecule has 0 atom stereocenters. The molecule has 0 bridgehead atoms. The zero-order valence-corrected chi connectivity index (χ0v) is 10.5. The van der Waals surface area contributed by atoms with Crippen molar-refractivity contribution in [1.82, 2.24) is 15.0 Å². The number of aromatic nitrogens is 3.